The molecule has 0 amide bonds. The molecule has 0 fully saturated rings. The summed E-state index contributed by atoms with van der Waals surface area (Å²) in [6.45, 7) is 4.09. The molecule has 104 valence electrons. The predicted molar refractivity (Wildman–Crippen MR) is 66.6 cm³/mol. The van der Waals surface area contributed by atoms with Gasteiger partial charge in [0.2, 0.25) is 0 Å². The highest BCUT2D eigenvalue weighted by molar-refractivity contribution is 5.88. The number of nitro groups is 1. The highest BCUT2D eigenvalue weighted by atomic mass is 16.6. The third-order valence-electron chi connectivity index (χ3n) is 2.20. The van der Waals surface area contributed by atoms with Gasteiger partial charge in [-0.2, -0.15) is 0 Å². The maximum Gasteiger partial charge on any atom is 0.335 e. The number of ether oxygens (including phenoxy) is 2. The summed E-state index contributed by atoms with van der Waals surface area (Å²) in [6, 6.07) is 3.41. The summed E-state index contributed by atoms with van der Waals surface area (Å²) >= 11 is 0. The Hall–Kier alpha value is -2.15. The van der Waals surface area contributed by atoms with Crippen LogP contribution >= 0.6 is 0 Å². The van der Waals surface area contributed by atoms with Gasteiger partial charge in [-0.05, 0) is 19.9 Å². The van der Waals surface area contributed by atoms with Crippen LogP contribution in [0, 0.1) is 10.1 Å². The maximum absolute atomic E-state index is 10.8. The van der Waals surface area contributed by atoms with Crippen molar-refractivity contribution in [1.82, 2.24) is 0 Å². The summed E-state index contributed by atoms with van der Waals surface area (Å²) in [7, 11) is 0. The van der Waals surface area contributed by atoms with Gasteiger partial charge in [0.15, 0.2) is 5.75 Å². The summed E-state index contributed by atoms with van der Waals surface area (Å²) in [5, 5.41) is 19.6. The van der Waals surface area contributed by atoms with Crippen LogP contribution in [0.1, 0.15) is 24.2 Å². The van der Waals surface area contributed by atoms with E-state index in [-0.39, 0.29) is 36.3 Å². The fourth-order valence-corrected chi connectivity index (χ4v) is 1.35. The van der Waals surface area contributed by atoms with E-state index in [2.05, 4.69) is 0 Å². The second-order valence-corrected chi connectivity index (χ2v) is 4.01. The lowest BCUT2D eigenvalue weighted by Crippen LogP contribution is -2.12. The van der Waals surface area contributed by atoms with E-state index >= 15 is 0 Å². The standard InChI is InChI=1S/C12H15NO6/c1-8(2)18-5-6-19-11-7-9(12(14)15)3-4-10(11)13(16)17/h3-4,7-8H,5-6H2,1-2H3,(H,14,15). The first-order chi connectivity index (χ1) is 8.91. The summed E-state index contributed by atoms with van der Waals surface area (Å²) in [5.74, 6) is -1.24. The van der Waals surface area contributed by atoms with Crippen molar-refractivity contribution in [3.63, 3.8) is 0 Å². The highest BCUT2D eigenvalue weighted by Crippen LogP contribution is 2.27. The molecule has 0 radical (unpaired) electrons. The normalized spacial score (nSPS) is 10.5. The van der Waals surface area contributed by atoms with Crippen LogP contribution in [0.3, 0.4) is 0 Å². The number of benzene rings is 1. The Morgan fingerprint density at radius 1 is 1.42 bits per heavy atom. The topological polar surface area (TPSA) is 98.9 Å². The fourth-order valence-electron chi connectivity index (χ4n) is 1.35. The van der Waals surface area contributed by atoms with Crippen molar-refractivity contribution in [2.24, 2.45) is 0 Å². The second kappa shape index (κ2) is 6.69. The van der Waals surface area contributed by atoms with Gasteiger partial charge in [-0.1, -0.05) is 0 Å². The first kappa shape index (κ1) is 14.9. The minimum atomic E-state index is -1.17. The highest BCUT2D eigenvalue weighted by Gasteiger charge is 2.17. The molecule has 0 saturated heterocycles. The average molecular weight is 269 g/mol. The molecular weight excluding hydrogens is 254 g/mol. The van der Waals surface area contributed by atoms with Gasteiger partial charge in [-0.15, -0.1) is 0 Å². The molecule has 1 aromatic rings. The van der Waals surface area contributed by atoms with Crippen LogP contribution in [0.15, 0.2) is 18.2 Å². The largest absolute Gasteiger partial charge is 0.484 e. The molecule has 7 nitrogen and oxygen atoms in total. The van der Waals surface area contributed by atoms with Gasteiger partial charge in [0, 0.05) is 12.1 Å². The van der Waals surface area contributed by atoms with Crippen LogP contribution in [-0.2, 0) is 4.74 Å². The Labute approximate surface area is 109 Å². The zero-order chi connectivity index (χ0) is 14.4. The minimum absolute atomic E-state index is 0.0314. The SMILES string of the molecule is CC(C)OCCOc1cc(C(=O)O)ccc1[N+](=O)[O-]. The third-order valence-corrected chi connectivity index (χ3v) is 2.20. The maximum atomic E-state index is 10.8. The number of hydrogen-bond acceptors (Lipinski definition) is 5. The molecule has 19 heavy (non-hydrogen) atoms. The van der Waals surface area contributed by atoms with Crippen molar-refractivity contribution in [2.75, 3.05) is 13.2 Å². The zero-order valence-electron chi connectivity index (χ0n) is 10.7. The van der Waals surface area contributed by atoms with Crippen molar-refractivity contribution < 1.29 is 24.3 Å². The minimum Gasteiger partial charge on any atom is -0.484 e. The van der Waals surface area contributed by atoms with E-state index in [0.717, 1.165) is 18.2 Å². The summed E-state index contributed by atoms with van der Waals surface area (Å²) in [5.41, 5.74) is -0.333. The molecule has 0 heterocycles. The Morgan fingerprint density at radius 3 is 2.63 bits per heavy atom. The van der Waals surface area contributed by atoms with Crippen LogP contribution in [0.5, 0.6) is 5.75 Å². The third kappa shape index (κ3) is 4.55. The van der Waals surface area contributed by atoms with E-state index in [1.165, 1.54) is 0 Å². The van der Waals surface area contributed by atoms with Crippen molar-refractivity contribution in [3.05, 3.63) is 33.9 Å². The van der Waals surface area contributed by atoms with Crippen LogP contribution in [-0.4, -0.2) is 35.3 Å². The Kier molecular flexibility index (Phi) is 5.25. The molecule has 0 aliphatic heterocycles. The quantitative estimate of drug-likeness (QED) is 0.462. The number of carboxylic acid groups (broad SMARTS) is 1. The fraction of sp³-hybridized carbons (Fsp3) is 0.417. The number of carboxylic acids is 1. The lowest BCUT2D eigenvalue weighted by molar-refractivity contribution is -0.385. The van der Waals surface area contributed by atoms with Gasteiger partial charge < -0.3 is 14.6 Å². The monoisotopic (exact) mass is 269 g/mol. The van der Waals surface area contributed by atoms with Gasteiger partial charge >= 0.3 is 11.7 Å². The van der Waals surface area contributed by atoms with Gasteiger partial charge in [-0.25, -0.2) is 4.79 Å². The first-order valence-corrected chi connectivity index (χ1v) is 5.68. The smallest absolute Gasteiger partial charge is 0.335 e. The molecule has 0 unspecified atom stereocenters. The van der Waals surface area contributed by atoms with Crippen molar-refractivity contribution >= 4 is 11.7 Å². The van der Waals surface area contributed by atoms with E-state index in [0.29, 0.717) is 0 Å². The number of carbonyl (C=O) groups is 1. The van der Waals surface area contributed by atoms with E-state index < -0.39 is 10.9 Å². The van der Waals surface area contributed by atoms with Gasteiger partial charge in [0.1, 0.15) is 6.61 Å². The van der Waals surface area contributed by atoms with Gasteiger partial charge in [0.05, 0.1) is 23.2 Å². The second-order valence-electron chi connectivity index (χ2n) is 4.01. The van der Waals surface area contributed by atoms with E-state index in [1.807, 2.05) is 13.8 Å². The molecular formula is C12H15NO6. The van der Waals surface area contributed by atoms with Crippen LogP contribution in [0.25, 0.3) is 0 Å². The number of nitro benzene ring substituents is 1. The molecule has 7 heteroatoms. The lowest BCUT2D eigenvalue weighted by atomic mass is 10.2. The van der Waals surface area contributed by atoms with Crippen LogP contribution in [0.4, 0.5) is 5.69 Å². The van der Waals surface area contributed by atoms with Gasteiger partial charge in [0.25, 0.3) is 0 Å². The zero-order valence-corrected chi connectivity index (χ0v) is 10.7. The van der Waals surface area contributed by atoms with Crippen molar-refractivity contribution in [3.8, 4) is 5.75 Å². The lowest BCUT2D eigenvalue weighted by Gasteiger charge is -2.09. The Balaban J connectivity index is 2.80. The summed E-state index contributed by atoms with van der Waals surface area (Å²) < 4.78 is 10.4. The Bertz CT molecular complexity index is 471. The molecule has 0 bridgehead atoms. The van der Waals surface area contributed by atoms with Crippen LogP contribution < -0.4 is 4.74 Å². The van der Waals surface area contributed by atoms with Crippen LogP contribution in [0.2, 0.25) is 0 Å². The van der Waals surface area contributed by atoms with E-state index in [1.54, 1.807) is 0 Å². The molecule has 1 rings (SSSR count). The molecule has 1 aromatic carbocycles. The van der Waals surface area contributed by atoms with Gasteiger partial charge in [-0.3, -0.25) is 10.1 Å². The molecule has 0 atom stereocenters. The van der Waals surface area contributed by atoms with E-state index in [9.17, 15) is 14.9 Å². The predicted octanol–water partition coefficient (Wildman–Crippen LogP) is 2.10. The molecule has 0 aliphatic rings. The summed E-state index contributed by atoms with van der Waals surface area (Å²) in [4.78, 5) is 21.0. The molecule has 0 aromatic heterocycles. The molecule has 0 aliphatic carbocycles. The number of nitrogens with zero attached hydrogens (tertiary/aromatic N) is 1. The average Bonchev–Trinajstić information content (AvgIpc) is 2.33. The molecule has 0 saturated carbocycles. The molecule has 0 spiro atoms. The number of rotatable bonds is 7. The van der Waals surface area contributed by atoms with E-state index in [4.69, 9.17) is 14.6 Å². The number of aromatic carboxylic acids is 1. The summed E-state index contributed by atoms with van der Waals surface area (Å²) in [6.07, 6.45) is 0.0314. The first-order valence-electron chi connectivity index (χ1n) is 5.68. The molecule has 1 N–H and O–H groups in total. The van der Waals surface area contributed by atoms with Crippen molar-refractivity contribution in [2.45, 2.75) is 20.0 Å². The van der Waals surface area contributed by atoms with Crippen molar-refractivity contribution in [1.29, 1.82) is 0 Å². The Morgan fingerprint density at radius 2 is 2.11 bits per heavy atom. The number of hydrogen-bond donors (Lipinski definition) is 1.